The van der Waals surface area contributed by atoms with Gasteiger partial charge in [0.1, 0.15) is 0 Å². The quantitative estimate of drug-likeness (QED) is 0.431. The van der Waals surface area contributed by atoms with Crippen molar-refractivity contribution in [3.63, 3.8) is 0 Å². The van der Waals surface area contributed by atoms with Gasteiger partial charge in [-0.15, -0.1) is 10.2 Å². The van der Waals surface area contributed by atoms with Crippen LogP contribution in [0.1, 0.15) is 54.5 Å². The number of amides is 2. The fourth-order valence-corrected chi connectivity index (χ4v) is 5.07. The molecule has 0 aliphatic carbocycles. The van der Waals surface area contributed by atoms with Crippen molar-refractivity contribution in [2.24, 2.45) is 0 Å². The van der Waals surface area contributed by atoms with Gasteiger partial charge in [0, 0.05) is 29.4 Å². The molecule has 1 unspecified atom stereocenters. The fourth-order valence-electron chi connectivity index (χ4n) is 4.14. The molecule has 7 nitrogen and oxygen atoms in total. The van der Waals surface area contributed by atoms with Crippen LogP contribution >= 0.6 is 23.4 Å². The molecular weight excluding hydrogens is 470 g/mol. The molecule has 9 heteroatoms. The highest BCUT2D eigenvalue weighted by Gasteiger charge is 2.34. The second-order valence-corrected chi connectivity index (χ2v) is 9.51. The molecule has 34 heavy (non-hydrogen) atoms. The molecule has 2 heterocycles. The molecule has 2 aromatic carbocycles. The van der Waals surface area contributed by atoms with Crippen LogP contribution in [-0.4, -0.2) is 43.8 Å². The monoisotopic (exact) mass is 497 g/mol. The molecule has 1 aliphatic rings. The number of carbonyl (C=O) groups is 2. The van der Waals surface area contributed by atoms with E-state index in [-0.39, 0.29) is 23.6 Å². The van der Waals surface area contributed by atoms with Gasteiger partial charge in [0.25, 0.3) is 5.91 Å². The molecule has 2 amide bonds. The van der Waals surface area contributed by atoms with Crippen molar-refractivity contribution in [1.29, 1.82) is 0 Å². The average molecular weight is 498 g/mol. The zero-order valence-corrected chi connectivity index (χ0v) is 20.9. The fraction of sp³-hybridized carbons (Fsp3) is 0.360. The normalized spacial score (nSPS) is 15.5. The Morgan fingerprint density at radius 1 is 1.09 bits per heavy atom. The van der Waals surface area contributed by atoms with Gasteiger partial charge in [-0.1, -0.05) is 42.4 Å². The molecule has 1 atom stereocenters. The van der Waals surface area contributed by atoms with E-state index in [0.717, 1.165) is 30.8 Å². The highest BCUT2D eigenvalue weighted by Crippen LogP contribution is 2.34. The lowest BCUT2D eigenvalue weighted by atomic mass is 10.1. The first-order valence-corrected chi connectivity index (χ1v) is 12.9. The van der Waals surface area contributed by atoms with Gasteiger partial charge in [-0.05, 0) is 68.1 Å². The van der Waals surface area contributed by atoms with Gasteiger partial charge < -0.3 is 14.8 Å². The Morgan fingerprint density at radius 2 is 1.82 bits per heavy atom. The zero-order chi connectivity index (χ0) is 24.1. The van der Waals surface area contributed by atoms with Crippen LogP contribution in [0.5, 0.6) is 0 Å². The summed E-state index contributed by atoms with van der Waals surface area (Å²) in [5.74, 6) is 0.862. The van der Waals surface area contributed by atoms with Gasteiger partial charge in [0.15, 0.2) is 11.0 Å². The third-order valence-corrected chi connectivity index (χ3v) is 7.16. The van der Waals surface area contributed by atoms with Crippen LogP contribution in [0.3, 0.4) is 0 Å². The summed E-state index contributed by atoms with van der Waals surface area (Å²) >= 11 is 7.33. The predicted molar refractivity (Wildman–Crippen MR) is 135 cm³/mol. The molecule has 0 bridgehead atoms. The number of likely N-dealkylation sites (tertiary alicyclic amines) is 1. The molecule has 1 aromatic heterocycles. The molecule has 3 aromatic rings. The maximum absolute atomic E-state index is 13.1. The lowest BCUT2D eigenvalue weighted by Crippen LogP contribution is -2.32. The van der Waals surface area contributed by atoms with E-state index in [0.29, 0.717) is 28.8 Å². The van der Waals surface area contributed by atoms with Crippen molar-refractivity contribution >= 4 is 40.9 Å². The lowest BCUT2D eigenvalue weighted by molar-refractivity contribution is -0.113. The number of aromatic nitrogens is 3. The summed E-state index contributed by atoms with van der Waals surface area (Å²) in [5.41, 5.74) is 2.62. The van der Waals surface area contributed by atoms with Gasteiger partial charge in [0.2, 0.25) is 5.91 Å². The van der Waals surface area contributed by atoms with E-state index >= 15 is 0 Å². The highest BCUT2D eigenvalue weighted by atomic mass is 35.5. The largest absolute Gasteiger partial charge is 0.328 e. The first-order valence-electron chi connectivity index (χ1n) is 11.5. The maximum atomic E-state index is 13.1. The lowest BCUT2D eigenvalue weighted by Gasteiger charge is -2.24. The van der Waals surface area contributed by atoms with Crippen molar-refractivity contribution < 1.29 is 9.59 Å². The first kappa shape index (κ1) is 24.3. The van der Waals surface area contributed by atoms with E-state index in [1.54, 1.807) is 24.3 Å². The molecule has 1 fully saturated rings. The standard InChI is InChI=1S/C25H28ClN5O2S/c1-3-17-7-13-20(14-8-17)27-22(32)16-34-25-29-28-23(30(25)4-2)21-6-5-15-31(21)24(33)18-9-11-19(26)12-10-18/h7-14,21H,3-6,15-16H2,1-2H3,(H,27,32). The molecule has 1 saturated heterocycles. The second kappa shape index (κ2) is 11.1. The molecule has 0 saturated carbocycles. The Balaban J connectivity index is 1.43. The van der Waals surface area contributed by atoms with Crippen LogP contribution in [-0.2, 0) is 17.8 Å². The predicted octanol–water partition coefficient (Wildman–Crippen LogP) is 5.22. The van der Waals surface area contributed by atoms with Crippen LogP contribution in [0, 0.1) is 0 Å². The Bertz CT molecular complexity index is 1150. The van der Waals surface area contributed by atoms with Gasteiger partial charge in [-0.2, -0.15) is 0 Å². The SMILES string of the molecule is CCc1ccc(NC(=O)CSc2nnc(C3CCCN3C(=O)c3ccc(Cl)cc3)n2CC)cc1. The number of halogens is 1. The zero-order valence-electron chi connectivity index (χ0n) is 19.3. The van der Waals surface area contributed by atoms with E-state index in [4.69, 9.17) is 11.6 Å². The number of carbonyl (C=O) groups excluding carboxylic acids is 2. The van der Waals surface area contributed by atoms with Crippen molar-refractivity contribution in [2.45, 2.75) is 50.9 Å². The summed E-state index contributed by atoms with van der Waals surface area (Å²) in [6.45, 7) is 5.45. The third kappa shape index (κ3) is 5.45. The van der Waals surface area contributed by atoms with Crippen LogP contribution < -0.4 is 5.32 Å². The van der Waals surface area contributed by atoms with Crippen LogP contribution in [0.4, 0.5) is 5.69 Å². The summed E-state index contributed by atoms with van der Waals surface area (Å²) in [6.07, 6.45) is 2.70. The third-order valence-electron chi connectivity index (χ3n) is 5.94. The first-order chi connectivity index (χ1) is 16.5. The second-order valence-electron chi connectivity index (χ2n) is 8.14. The smallest absolute Gasteiger partial charge is 0.254 e. The molecular formula is C25H28ClN5O2S. The van der Waals surface area contributed by atoms with E-state index in [1.165, 1.54) is 17.3 Å². The molecule has 0 radical (unpaired) electrons. The minimum absolute atomic E-state index is 0.0347. The van der Waals surface area contributed by atoms with E-state index in [9.17, 15) is 9.59 Å². The summed E-state index contributed by atoms with van der Waals surface area (Å²) in [4.78, 5) is 27.5. The molecule has 178 valence electrons. The van der Waals surface area contributed by atoms with Gasteiger partial charge in [-0.25, -0.2) is 0 Å². The number of nitrogens with zero attached hydrogens (tertiary/aromatic N) is 4. The number of anilines is 1. The summed E-state index contributed by atoms with van der Waals surface area (Å²) in [7, 11) is 0. The van der Waals surface area contributed by atoms with Crippen molar-refractivity contribution in [2.75, 3.05) is 17.6 Å². The summed E-state index contributed by atoms with van der Waals surface area (Å²) in [6, 6.07) is 14.7. The Labute approximate surface area is 208 Å². The van der Waals surface area contributed by atoms with Crippen LogP contribution in [0.25, 0.3) is 0 Å². The van der Waals surface area contributed by atoms with E-state index in [2.05, 4.69) is 22.4 Å². The van der Waals surface area contributed by atoms with E-state index < -0.39 is 0 Å². The maximum Gasteiger partial charge on any atom is 0.254 e. The molecule has 4 rings (SSSR count). The summed E-state index contributed by atoms with van der Waals surface area (Å²) in [5, 5.41) is 13.0. The Kier molecular flexibility index (Phi) is 7.90. The van der Waals surface area contributed by atoms with Crippen molar-refractivity contribution in [1.82, 2.24) is 19.7 Å². The highest BCUT2D eigenvalue weighted by molar-refractivity contribution is 7.99. The van der Waals surface area contributed by atoms with E-state index in [1.807, 2.05) is 40.7 Å². The average Bonchev–Trinajstić information content (AvgIpc) is 3.49. The number of hydrogen-bond acceptors (Lipinski definition) is 5. The number of rotatable bonds is 8. The van der Waals surface area contributed by atoms with Crippen molar-refractivity contribution in [3.05, 3.63) is 70.5 Å². The minimum atomic E-state index is -0.143. The number of nitrogens with one attached hydrogen (secondary N) is 1. The van der Waals surface area contributed by atoms with Gasteiger partial charge in [0.05, 0.1) is 11.8 Å². The number of benzene rings is 2. The molecule has 0 spiro atoms. The van der Waals surface area contributed by atoms with Gasteiger partial charge >= 0.3 is 0 Å². The van der Waals surface area contributed by atoms with Crippen LogP contribution in [0.15, 0.2) is 53.7 Å². The molecule has 1 aliphatic heterocycles. The Morgan fingerprint density at radius 3 is 2.50 bits per heavy atom. The van der Waals surface area contributed by atoms with Crippen molar-refractivity contribution in [3.8, 4) is 0 Å². The summed E-state index contributed by atoms with van der Waals surface area (Å²) < 4.78 is 2.01. The Hall–Kier alpha value is -2.84. The minimum Gasteiger partial charge on any atom is -0.328 e. The number of aryl methyl sites for hydroxylation is 1. The number of hydrogen-bond donors (Lipinski definition) is 1. The van der Waals surface area contributed by atoms with Crippen LogP contribution in [0.2, 0.25) is 5.02 Å². The topological polar surface area (TPSA) is 80.1 Å². The number of thioether (sulfide) groups is 1. The van der Waals surface area contributed by atoms with Gasteiger partial charge in [-0.3, -0.25) is 9.59 Å². The molecule has 1 N–H and O–H groups in total.